The van der Waals surface area contributed by atoms with Gasteiger partial charge in [-0.05, 0) is 23.8 Å². The summed E-state index contributed by atoms with van der Waals surface area (Å²) in [7, 11) is 1.51. The minimum atomic E-state index is -1.13. The Hall–Kier alpha value is -3.87. The zero-order valence-electron chi connectivity index (χ0n) is 16.4. The second-order valence-electron chi connectivity index (χ2n) is 7.06. The minimum absolute atomic E-state index is 0.215. The Bertz CT molecular complexity index is 1090. The molecule has 2 N–H and O–H groups in total. The molecule has 150 valence electrons. The third-order valence-electron chi connectivity index (χ3n) is 5.25. The van der Waals surface area contributed by atoms with Gasteiger partial charge in [-0.25, -0.2) is 9.97 Å². The number of ether oxygens (including phenoxy) is 1. The molecule has 7 heteroatoms. The number of benzene rings is 1. The molecule has 0 spiro atoms. The Kier molecular flexibility index (Phi) is 5.34. The lowest BCUT2D eigenvalue weighted by molar-refractivity contribution is -0.379. The van der Waals surface area contributed by atoms with Gasteiger partial charge in [0.25, 0.3) is 5.91 Å². The molecule has 0 bridgehead atoms. The molecule has 1 amide bonds. The molecule has 3 aromatic rings. The summed E-state index contributed by atoms with van der Waals surface area (Å²) in [5.74, 6) is -2.36. The van der Waals surface area contributed by atoms with Crippen molar-refractivity contribution in [2.45, 2.75) is 12.6 Å². The molecule has 1 aliphatic rings. The molecule has 3 heterocycles. The van der Waals surface area contributed by atoms with Crippen molar-refractivity contribution in [1.29, 1.82) is 0 Å². The summed E-state index contributed by atoms with van der Waals surface area (Å²) in [6, 6.07) is 13.2. The number of pyridine rings is 2. The molecule has 30 heavy (non-hydrogen) atoms. The second kappa shape index (κ2) is 8.24. The Labute approximate surface area is 173 Å². The average molecular weight is 403 g/mol. The highest BCUT2D eigenvalue weighted by atomic mass is 16.5. The van der Waals surface area contributed by atoms with Gasteiger partial charge in [-0.2, -0.15) is 0 Å². The summed E-state index contributed by atoms with van der Waals surface area (Å²) in [6.45, 7) is 0.215. The second-order valence-corrected chi connectivity index (χ2v) is 7.06. The first-order valence-corrected chi connectivity index (χ1v) is 9.54. The minimum Gasteiger partial charge on any atom is -0.497 e. The zero-order valence-corrected chi connectivity index (χ0v) is 16.4. The maximum absolute atomic E-state index is 13.4. The van der Waals surface area contributed by atoms with Gasteiger partial charge in [0.15, 0.2) is 30.6 Å². The van der Waals surface area contributed by atoms with Crippen LogP contribution in [-0.4, -0.2) is 29.5 Å². The standard InChI is InChI=1S/C23H19N3O4/c1-30-18-6-2-5-17(12-18)21(27)19-20(16-7-10-24-11-8-16)26(23(29)22(19)28)14-15-4-3-9-25-13-15/h2-13,19-20H,14H2,1H3/p+2. The molecule has 2 atom stereocenters. The number of hydrogen-bond acceptors (Lipinski definition) is 4. The number of methoxy groups -OCH3 is 1. The fraction of sp³-hybridized carbons (Fsp3) is 0.174. The van der Waals surface area contributed by atoms with Crippen molar-refractivity contribution in [3.63, 3.8) is 0 Å². The van der Waals surface area contributed by atoms with Crippen LogP contribution in [0.15, 0.2) is 73.3 Å². The molecule has 4 rings (SSSR count). The molecular weight excluding hydrogens is 382 g/mol. The molecule has 0 radical (unpaired) electrons. The molecule has 1 saturated heterocycles. The highest BCUT2D eigenvalue weighted by molar-refractivity contribution is 6.44. The summed E-state index contributed by atoms with van der Waals surface area (Å²) in [5.41, 5.74) is 1.89. The van der Waals surface area contributed by atoms with Crippen molar-refractivity contribution in [2.24, 2.45) is 5.92 Å². The number of nitrogens with one attached hydrogen (secondary N) is 2. The molecule has 0 saturated carbocycles. The molecule has 2 aromatic heterocycles. The van der Waals surface area contributed by atoms with E-state index in [1.54, 1.807) is 61.2 Å². The van der Waals surface area contributed by atoms with E-state index in [1.165, 1.54) is 12.0 Å². The summed E-state index contributed by atoms with van der Waals surface area (Å²) in [4.78, 5) is 46.7. The molecule has 1 aliphatic heterocycles. The van der Waals surface area contributed by atoms with Gasteiger partial charge in [0.2, 0.25) is 5.78 Å². The number of rotatable bonds is 6. The lowest BCUT2D eigenvalue weighted by atomic mass is 9.86. The first kappa shape index (κ1) is 19.4. The van der Waals surface area contributed by atoms with Gasteiger partial charge in [0.1, 0.15) is 11.7 Å². The van der Waals surface area contributed by atoms with Crippen LogP contribution in [0.5, 0.6) is 5.75 Å². The van der Waals surface area contributed by atoms with E-state index in [0.29, 0.717) is 16.9 Å². The van der Waals surface area contributed by atoms with Gasteiger partial charge in [-0.1, -0.05) is 12.1 Å². The number of H-pyrrole nitrogens is 2. The number of carbonyl (C=O) groups excluding carboxylic acids is 3. The molecule has 2 unspecified atom stereocenters. The number of amides is 1. The van der Waals surface area contributed by atoms with Crippen molar-refractivity contribution in [2.75, 3.05) is 7.11 Å². The number of Topliss-reactive ketones (excluding diaryl/α,β-unsaturated/α-hetero) is 2. The summed E-state index contributed by atoms with van der Waals surface area (Å²) in [5, 5.41) is 0. The van der Waals surface area contributed by atoms with Crippen LogP contribution in [0.2, 0.25) is 0 Å². The predicted molar refractivity (Wildman–Crippen MR) is 105 cm³/mol. The van der Waals surface area contributed by atoms with E-state index >= 15 is 0 Å². The van der Waals surface area contributed by atoms with Crippen LogP contribution in [0.25, 0.3) is 0 Å². The number of ketones is 2. The number of nitrogens with zero attached hydrogens (tertiary/aromatic N) is 1. The van der Waals surface area contributed by atoms with Crippen molar-refractivity contribution in [1.82, 2.24) is 4.90 Å². The summed E-state index contributed by atoms with van der Waals surface area (Å²) in [6.07, 6.45) is 6.96. The maximum Gasteiger partial charge on any atom is 0.291 e. The van der Waals surface area contributed by atoms with E-state index in [4.69, 9.17) is 4.74 Å². The summed E-state index contributed by atoms with van der Waals surface area (Å²) >= 11 is 0. The zero-order chi connectivity index (χ0) is 21.1. The lowest BCUT2D eigenvalue weighted by Crippen LogP contribution is -2.31. The van der Waals surface area contributed by atoms with Gasteiger partial charge < -0.3 is 9.64 Å². The van der Waals surface area contributed by atoms with E-state index in [2.05, 4.69) is 9.97 Å². The van der Waals surface area contributed by atoms with E-state index in [0.717, 1.165) is 5.56 Å². The first-order chi connectivity index (χ1) is 14.6. The molecule has 1 fully saturated rings. The Morgan fingerprint density at radius 3 is 2.53 bits per heavy atom. The van der Waals surface area contributed by atoms with Gasteiger partial charge >= 0.3 is 0 Å². The van der Waals surface area contributed by atoms with Crippen LogP contribution in [-0.2, 0) is 16.1 Å². The monoisotopic (exact) mass is 403 g/mol. The largest absolute Gasteiger partial charge is 0.497 e. The number of aromatic amines is 2. The highest BCUT2D eigenvalue weighted by Gasteiger charge is 2.51. The van der Waals surface area contributed by atoms with E-state index in [-0.39, 0.29) is 6.54 Å². The van der Waals surface area contributed by atoms with Crippen LogP contribution in [0, 0.1) is 5.92 Å². The predicted octanol–water partition coefficient (Wildman–Crippen LogP) is 1.48. The van der Waals surface area contributed by atoms with Crippen molar-refractivity contribution < 1.29 is 29.1 Å². The average Bonchev–Trinajstić information content (AvgIpc) is 3.05. The van der Waals surface area contributed by atoms with Crippen molar-refractivity contribution in [3.05, 3.63) is 90.0 Å². The quantitative estimate of drug-likeness (QED) is 0.354. The van der Waals surface area contributed by atoms with Crippen LogP contribution in [0.3, 0.4) is 0 Å². The first-order valence-electron chi connectivity index (χ1n) is 9.54. The van der Waals surface area contributed by atoms with Crippen molar-refractivity contribution >= 4 is 17.5 Å². The van der Waals surface area contributed by atoms with E-state index in [9.17, 15) is 14.4 Å². The van der Waals surface area contributed by atoms with Crippen LogP contribution >= 0.6 is 0 Å². The molecule has 0 aliphatic carbocycles. The fourth-order valence-electron chi connectivity index (χ4n) is 3.81. The number of aromatic nitrogens is 2. The molecule has 1 aromatic carbocycles. The lowest BCUT2D eigenvalue weighted by Gasteiger charge is -2.26. The van der Waals surface area contributed by atoms with Crippen LogP contribution < -0.4 is 14.7 Å². The number of likely N-dealkylation sites (tertiary alicyclic amines) is 1. The van der Waals surface area contributed by atoms with Gasteiger partial charge in [-0.15, -0.1) is 0 Å². The van der Waals surface area contributed by atoms with Gasteiger partial charge in [0, 0.05) is 29.3 Å². The number of carbonyl (C=O) groups is 3. The third-order valence-corrected chi connectivity index (χ3v) is 5.25. The van der Waals surface area contributed by atoms with Crippen LogP contribution in [0.4, 0.5) is 0 Å². The molecule has 7 nitrogen and oxygen atoms in total. The number of hydrogen-bond donors (Lipinski definition) is 0. The van der Waals surface area contributed by atoms with Crippen molar-refractivity contribution in [3.8, 4) is 5.75 Å². The van der Waals surface area contributed by atoms with E-state index in [1.807, 2.05) is 12.1 Å². The highest BCUT2D eigenvalue weighted by Crippen LogP contribution is 2.39. The Morgan fingerprint density at radius 1 is 1.03 bits per heavy atom. The SMILES string of the molecule is COc1cccc(C(=O)C2C(=O)C(=O)N(Cc3ccc[nH+]c3)C2c2cc[nH+]cc2)c1. The maximum atomic E-state index is 13.4. The van der Waals surface area contributed by atoms with E-state index < -0.39 is 29.4 Å². The Morgan fingerprint density at radius 2 is 1.83 bits per heavy atom. The normalized spacial score (nSPS) is 18.5. The summed E-state index contributed by atoms with van der Waals surface area (Å²) < 4.78 is 5.21. The van der Waals surface area contributed by atoms with Gasteiger partial charge in [-0.3, -0.25) is 14.4 Å². The van der Waals surface area contributed by atoms with Gasteiger partial charge in [0.05, 0.1) is 19.7 Å². The van der Waals surface area contributed by atoms with Crippen LogP contribution in [0.1, 0.15) is 27.5 Å². The Balaban J connectivity index is 1.76. The third kappa shape index (κ3) is 3.57. The smallest absolute Gasteiger partial charge is 0.291 e. The molecular formula is C23H21N3O4+2. The fourth-order valence-corrected chi connectivity index (χ4v) is 3.81. The topological polar surface area (TPSA) is 92.0 Å².